The van der Waals surface area contributed by atoms with E-state index in [2.05, 4.69) is 11.0 Å². The molecule has 3 N–H and O–H groups in total. The summed E-state index contributed by atoms with van der Waals surface area (Å²) in [7, 11) is 1.93. The number of halogens is 1. The number of nitriles is 1. The smallest absolute Gasteiger partial charge is 0.274 e. The quantitative estimate of drug-likeness (QED) is 0.448. The molecule has 2 aromatic carbocycles. The highest BCUT2D eigenvalue weighted by Crippen LogP contribution is 2.25. The van der Waals surface area contributed by atoms with Crippen LogP contribution in [0.1, 0.15) is 34.3 Å². The van der Waals surface area contributed by atoms with Gasteiger partial charge in [-0.15, -0.1) is 12.4 Å². The standard InChI is InChI=1S/C23H28N4O3.ClH/c1-26(21-8-6-20(7-9-21)22(28)25-30)17-23(29)11-14-27(15-12-23)13-10-18-2-4-19(16-24)5-3-18;/h2-9,29-30H,10-15,17H2,1H3,(H,25,28);1H. The Labute approximate surface area is 189 Å². The molecule has 3 rings (SSSR count). The first-order chi connectivity index (χ1) is 14.4. The van der Waals surface area contributed by atoms with Crippen molar-refractivity contribution >= 4 is 24.0 Å². The van der Waals surface area contributed by atoms with Crippen molar-refractivity contribution in [3.8, 4) is 6.07 Å². The maximum atomic E-state index is 11.4. The fourth-order valence-corrected chi connectivity index (χ4v) is 3.85. The summed E-state index contributed by atoms with van der Waals surface area (Å²) < 4.78 is 0. The number of piperidine rings is 1. The normalized spacial score (nSPS) is 15.4. The number of likely N-dealkylation sites (N-methyl/N-ethyl adjacent to an activating group) is 1. The Morgan fingerprint density at radius 1 is 1.16 bits per heavy atom. The molecule has 8 heteroatoms. The molecule has 0 spiro atoms. The van der Waals surface area contributed by atoms with E-state index < -0.39 is 11.5 Å². The molecule has 0 radical (unpaired) electrons. The Balaban J connectivity index is 0.00000341. The van der Waals surface area contributed by atoms with E-state index in [9.17, 15) is 9.90 Å². The second kappa shape index (κ2) is 11.1. The summed E-state index contributed by atoms with van der Waals surface area (Å²) in [6.45, 7) is 3.14. The first kappa shape index (κ1) is 24.6. The molecular formula is C23H29ClN4O3. The number of nitrogens with zero attached hydrogens (tertiary/aromatic N) is 3. The predicted molar refractivity (Wildman–Crippen MR) is 122 cm³/mol. The van der Waals surface area contributed by atoms with Gasteiger partial charge in [0.15, 0.2) is 0 Å². The van der Waals surface area contributed by atoms with Gasteiger partial charge in [-0.25, -0.2) is 5.48 Å². The van der Waals surface area contributed by atoms with Crippen molar-refractivity contribution in [3.05, 3.63) is 65.2 Å². The average molecular weight is 445 g/mol. The van der Waals surface area contributed by atoms with Gasteiger partial charge in [-0.1, -0.05) is 12.1 Å². The second-order valence-corrected chi connectivity index (χ2v) is 7.97. The van der Waals surface area contributed by atoms with Gasteiger partial charge >= 0.3 is 0 Å². The van der Waals surface area contributed by atoms with E-state index in [4.69, 9.17) is 10.5 Å². The highest BCUT2D eigenvalue weighted by molar-refractivity contribution is 5.93. The molecular weight excluding hydrogens is 416 g/mol. The lowest BCUT2D eigenvalue weighted by Gasteiger charge is -2.40. The molecule has 2 aromatic rings. The van der Waals surface area contributed by atoms with Gasteiger partial charge in [-0.3, -0.25) is 10.0 Å². The monoisotopic (exact) mass is 444 g/mol. The molecule has 1 aliphatic heterocycles. The van der Waals surface area contributed by atoms with Gasteiger partial charge in [0, 0.05) is 44.5 Å². The van der Waals surface area contributed by atoms with Gasteiger partial charge in [0.1, 0.15) is 0 Å². The summed E-state index contributed by atoms with van der Waals surface area (Å²) in [6, 6.07) is 16.7. The summed E-state index contributed by atoms with van der Waals surface area (Å²) in [5.74, 6) is -0.545. The van der Waals surface area contributed by atoms with Crippen molar-refractivity contribution in [1.82, 2.24) is 10.4 Å². The van der Waals surface area contributed by atoms with E-state index in [-0.39, 0.29) is 12.4 Å². The molecule has 7 nitrogen and oxygen atoms in total. The molecule has 1 heterocycles. The van der Waals surface area contributed by atoms with Crippen LogP contribution >= 0.6 is 12.4 Å². The van der Waals surface area contributed by atoms with E-state index in [1.807, 2.05) is 36.2 Å². The molecule has 1 aliphatic rings. The molecule has 0 saturated carbocycles. The number of rotatable bonds is 7. The van der Waals surface area contributed by atoms with E-state index >= 15 is 0 Å². The highest BCUT2D eigenvalue weighted by Gasteiger charge is 2.33. The SMILES string of the molecule is CN(CC1(O)CCN(CCc2ccc(C#N)cc2)CC1)c1ccc(C(=O)NO)cc1.Cl. The Bertz CT molecular complexity index is 889. The van der Waals surface area contributed by atoms with Crippen LogP contribution in [0.2, 0.25) is 0 Å². The van der Waals surface area contributed by atoms with Crippen LogP contribution in [0.5, 0.6) is 0 Å². The van der Waals surface area contributed by atoms with Crippen LogP contribution in [-0.4, -0.2) is 59.9 Å². The summed E-state index contributed by atoms with van der Waals surface area (Å²) in [5.41, 5.74) is 4.05. The zero-order chi connectivity index (χ0) is 21.6. The topological polar surface area (TPSA) is 99.8 Å². The molecule has 1 saturated heterocycles. The number of benzene rings is 2. The van der Waals surface area contributed by atoms with Crippen LogP contribution in [0.4, 0.5) is 5.69 Å². The Morgan fingerprint density at radius 3 is 2.32 bits per heavy atom. The molecule has 166 valence electrons. The molecule has 0 bridgehead atoms. The minimum atomic E-state index is -0.749. The van der Waals surface area contributed by atoms with Crippen LogP contribution in [0.25, 0.3) is 0 Å². The average Bonchev–Trinajstić information content (AvgIpc) is 2.78. The first-order valence-corrected chi connectivity index (χ1v) is 10.1. The van der Waals surface area contributed by atoms with Crippen molar-refractivity contribution in [2.45, 2.75) is 24.9 Å². The zero-order valence-electron chi connectivity index (χ0n) is 17.6. The van der Waals surface area contributed by atoms with Crippen molar-refractivity contribution < 1.29 is 15.1 Å². The van der Waals surface area contributed by atoms with E-state index in [1.165, 1.54) is 5.56 Å². The number of hydrogen-bond acceptors (Lipinski definition) is 6. The second-order valence-electron chi connectivity index (χ2n) is 7.97. The number of nitrogens with one attached hydrogen (secondary N) is 1. The molecule has 31 heavy (non-hydrogen) atoms. The molecule has 0 aromatic heterocycles. The summed E-state index contributed by atoms with van der Waals surface area (Å²) in [4.78, 5) is 15.8. The Morgan fingerprint density at radius 2 is 1.77 bits per heavy atom. The molecule has 0 aliphatic carbocycles. The molecule has 1 fully saturated rings. The van der Waals surface area contributed by atoms with Crippen LogP contribution in [0, 0.1) is 11.3 Å². The van der Waals surface area contributed by atoms with Crippen LogP contribution in [-0.2, 0) is 6.42 Å². The number of carbonyl (C=O) groups excluding carboxylic acids is 1. The van der Waals surface area contributed by atoms with Crippen molar-refractivity contribution in [2.75, 3.05) is 38.1 Å². The fraction of sp³-hybridized carbons (Fsp3) is 0.391. The van der Waals surface area contributed by atoms with Crippen LogP contribution in [0.3, 0.4) is 0 Å². The minimum absolute atomic E-state index is 0. The Kier molecular flexibility index (Phi) is 8.84. The zero-order valence-corrected chi connectivity index (χ0v) is 18.4. The van der Waals surface area contributed by atoms with Crippen LogP contribution < -0.4 is 10.4 Å². The van der Waals surface area contributed by atoms with E-state index in [0.717, 1.165) is 31.7 Å². The summed E-state index contributed by atoms with van der Waals surface area (Å²) >= 11 is 0. The fourth-order valence-electron chi connectivity index (χ4n) is 3.85. The van der Waals surface area contributed by atoms with Gasteiger partial charge in [-0.05, 0) is 61.2 Å². The van der Waals surface area contributed by atoms with Gasteiger partial charge < -0.3 is 14.9 Å². The van der Waals surface area contributed by atoms with Gasteiger partial charge in [0.25, 0.3) is 5.91 Å². The van der Waals surface area contributed by atoms with Gasteiger partial charge in [0.2, 0.25) is 0 Å². The van der Waals surface area contributed by atoms with Crippen molar-refractivity contribution in [1.29, 1.82) is 5.26 Å². The van der Waals surface area contributed by atoms with E-state index in [0.29, 0.717) is 30.5 Å². The third-order valence-electron chi connectivity index (χ3n) is 5.79. The van der Waals surface area contributed by atoms with Gasteiger partial charge in [-0.2, -0.15) is 5.26 Å². The number of hydroxylamine groups is 1. The lowest BCUT2D eigenvalue weighted by atomic mass is 9.90. The van der Waals surface area contributed by atoms with E-state index in [1.54, 1.807) is 29.7 Å². The lowest BCUT2D eigenvalue weighted by Crippen LogP contribution is -2.50. The third-order valence-corrected chi connectivity index (χ3v) is 5.79. The molecule has 0 atom stereocenters. The number of amides is 1. The maximum Gasteiger partial charge on any atom is 0.274 e. The number of carbonyl (C=O) groups is 1. The lowest BCUT2D eigenvalue weighted by molar-refractivity contribution is -0.0137. The number of hydrogen-bond donors (Lipinski definition) is 3. The predicted octanol–water partition coefficient (Wildman–Crippen LogP) is 2.60. The van der Waals surface area contributed by atoms with Gasteiger partial charge in [0.05, 0.1) is 17.2 Å². The number of anilines is 1. The minimum Gasteiger partial charge on any atom is -0.388 e. The largest absolute Gasteiger partial charge is 0.388 e. The number of likely N-dealkylation sites (tertiary alicyclic amines) is 1. The maximum absolute atomic E-state index is 11.4. The molecule has 0 unspecified atom stereocenters. The molecule has 1 amide bonds. The first-order valence-electron chi connectivity index (χ1n) is 10.1. The van der Waals surface area contributed by atoms with Crippen molar-refractivity contribution in [2.24, 2.45) is 0 Å². The van der Waals surface area contributed by atoms with Crippen LogP contribution in [0.15, 0.2) is 48.5 Å². The van der Waals surface area contributed by atoms with Crippen molar-refractivity contribution in [3.63, 3.8) is 0 Å². The number of aliphatic hydroxyl groups is 1. The summed E-state index contributed by atoms with van der Waals surface area (Å²) in [5, 5.41) is 28.6. The third kappa shape index (κ3) is 6.68. The Hall–Kier alpha value is -2.63. The highest BCUT2D eigenvalue weighted by atomic mass is 35.5. The summed E-state index contributed by atoms with van der Waals surface area (Å²) in [6.07, 6.45) is 2.34.